The van der Waals surface area contributed by atoms with Crippen LogP contribution in [0.2, 0.25) is 0 Å². The number of aryl methyl sites for hydroxylation is 1. The van der Waals surface area contributed by atoms with Crippen molar-refractivity contribution in [3.63, 3.8) is 0 Å². The van der Waals surface area contributed by atoms with Crippen LogP contribution in [-0.2, 0) is 14.4 Å². The fourth-order valence-electron chi connectivity index (χ4n) is 3.36. The van der Waals surface area contributed by atoms with Gasteiger partial charge in [-0.1, -0.05) is 22.9 Å². The third-order valence-corrected chi connectivity index (χ3v) is 4.78. The summed E-state index contributed by atoms with van der Waals surface area (Å²) in [5.74, 6) is -0.467. The fraction of sp³-hybridized carbons (Fsp3) is 0.250. The summed E-state index contributed by atoms with van der Waals surface area (Å²) >= 11 is 0. The molecule has 2 aromatic rings. The molecule has 2 heterocycles. The Morgan fingerprint density at radius 3 is 2.33 bits per heavy atom. The largest absolute Gasteiger partial charge is 0.493 e. The molecule has 1 fully saturated rings. The van der Waals surface area contributed by atoms with E-state index in [1.54, 1.807) is 37.4 Å². The second-order valence-corrected chi connectivity index (χ2v) is 6.40. The van der Waals surface area contributed by atoms with Crippen LogP contribution in [0.5, 0.6) is 11.5 Å². The summed E-state index contributed by atoms with van der Waals surface area (Å²) in [5, 5.41) is 4.02. The van der Waals surface area contributed by atoms with Gasteiger partial charge in [0.15, 0.2) is 11.5 Å². The molecule has 4 rings (SSSR count). The Morgan fingerprint density at radius 1 is 0.963 bits per heavy atom. The number of methoxy groups -OCH3 is 2. The third kappa shape index (κ3) is 2.63. The van der Waals surface area contributed by atoms with Crippen LogP contribution in [0.25, 0.3) is 0 Å². The maximum Gasteiger partial charge on any atom is 0.278 e. The van der Waals surface area contributed by atoms with E-state index in [1.807, 2.05) is 19.1 Å². The summed E-state index contributed by atoms with van der Waals surface area (Å²) in [4.78, 5) is 32.3. The molecule has 2 aliphatic heterocycles. The first kappa shape index (κ1) is 17.1. The molecule has 27 heavy (non-hydrogen) atoms. The molecule has 0 aromatic heterocycles. The number of oxime groups is 1. The van der Waals surface area contributed by atoms with Crippen molar-refractivity contribution in [1.82, 2.24) is 0 Å². The van der Waals surface area contributed by atoms with E-state index in [1.165, 1.54) is 12.0 Å². The third-order valence-electron chi connectivity index (χ3n) is 4.78. The van der Waals surface area contributed by atoms with E-state index in [0.717, 1.165) is 5.56 Å². The number of amides is 2. The molecule has 7 nitrogen and oxygen atoms in total. The quantitative estimate of drug-likeness (QED) is 0.776. The smallest absolute Gasteiger partial charge is 0.278 e. The van der Waals surface area contributed by atoms with Crippen molar-refractivity contribution in [2.45, 2.75) is 13.0 Å². The lowest BCUT2D eigenvalue weighted by atomic mass is 9.94. The predicted molar refractivity (Wildman–Crippen MR) is 98.1 cm³/mol. The van der Waals surface area contributed by atoms with Crippen LogP contribution < -0.4 is 14.4 Å². The number of hydrogen-bond donors (Lipinski definition) is 0. The van der Waals surface area contributed by atoms with E-state index in [-0.39, 0.29) is 5.91 Å². The van der Waals surface area contributed by atoms with Gasteiger partial charge in [-0.15, -0.1) is 0 Å². The number of carbonyl (C=O) groups is 2. The van der Waals surface area contributed by atoms with Crippen LogP contribution in [0.1, 0.15) is 11.1 Å². The zero-order valence-corrected chi connectivity index (χ0v) is 15.1. The first-order valence-electron chi connectivity index (χ1n) is 8.45. The number of ether oxygens (including phenoxy) is 2. The minimum atomic E-state index is -0.943. The van der Waals surface area contributed by atoms with Crippen LogP contribution in [0.15, 0.2) is 47.6 Å². The van der Waals surface area contributed by atoms with Gasteiger partial charge in [-0.05, 0) is 37.3 Å². The Hall–Kier alpha value is -3.35. The molecule has 2 aromatic carbocycles. The number of nitrogens with zero attached hydrogens (tertiary/aromatic N) is 2. The standard InChI is InChI=1S/C20H18N2O5/c1-11-4-7-13(8-5-11)22-19(23)16-17(21-27-18(16)20(22)24)12-6-9-14(25-2)15(10-12)26-3/h4-10,16,18H,1-3H3/t16-,18-/m1/s1. The topological polar surface area (TPSA) is 77.4 Å². The van der Waals surface area contributed by atoms with Crippen molar-refractivity contribution in [3.05, 3.63) is 53.6 Å². The SMILES string of the molecule is COc1ccc(C2=NO[C@H]3C(=O)N(c4ccc(C)cc4)C(=O)[C@H]23)cc1OC. The van der Waals surface area contributed by atoms with Gasteiger partial charge in [0.2, 0.25) is 12.0 Å². The zero-order valence-electron chi connectivity index (χ0n) is 15.1. The molecule has 0 saturated carbocycles. The minimum absolute atomic E-state index is 0.347. The van der Waals surface area contributed by atoms with Crippen molar-refractivity contribution >= 4 is 23.2 Å². The molecule has 0 unspecified atom stereocenters. The van der Waals surface area contributed by atoms with Gasteiger partial charge in [0, 0.05) is 5.56 Å². The van der Waals surface area contributed by atoms with Crippen molar-refractivity contribution in [3.8, 4) is 11.5 Å². The van der Waals surface area contributed by atoms with E-state index in [0.29, 0.717) is 28.5 Å². The van der Waals surface area contributed by atoms with E-state index < -0.39 is 17.9 Å². The summed E-state index contributed by atoms with van der Waals surface area (Å²) in [6, 6.07) is 12.4. The second-order valence-electron chi connectivity index (χ2n) is 6.40. The molecule has 2 atom stereocenters. The Bertz CT molecular complexity index is 951. The van der Waals surface area contributed by atoms with Gasteiger partial charge < -0.3 is 14.3 Å². The Morgan fingerprint density at radius 2 is 1.67 bits per heavy atom. The molecule has 0 N–H and O–H groups in total. The highest BCUT2D eigenvalue weighted by Crippen LogP contribution is 2.37. The highest BCUT2D eigenvalue weighted by molar-refractivity contribution is 6.32. The summed E-state index contributed by atoms with van der Waals surface area (Å²) in [6.45, 7) is 1.94. The number of rotatable bonds is 4. The van der Waals surface area contributed by atoms with Gasteiger partial charge in [0.1, 0.15) is 11.6 Å². The molecule has 0 radical (unpaired) electrons. The van der Waals surface area contributed by atoms with E-state index in [9.17, 15) is 9.59 Å². The van der Waals surface area contributed by atoms with Crippen molar-refractivity contribution in [1.29, 1.82) is 0 Å². The molecular formula is C20H18N2O5. The number of imide groups is 1. The monoisotopic (exact) mass is 366 g/mol. The molecule has 0 aliphatic carbocycles. The molecule has 0 spiro atoms. The molecule has 2 amide bonds. The summed E-state index contributed by atoms with van der Waals surface area (Å²) in [5.41, 5.74) is 2.63. The normalized spacial score (nSPS) is 21.0. The number of benzene rings is 2. The summed E-state index contributed by atoms with van der Waals surface area (Å²) < 4.78 is 10.6. The Balaban J connectivity index is 1.69. The molecule has 138 valence electrons. The van der Waals surface area contributed by atoms with E-state index in [4.69, 9.17) is 14.3 Å². The van der Waals surface area contributed by atoms with Gasteiger partial charge in [-0.2, -0.15) is 0 Å². The van der Waals surface area contributed by atoms with Crippen molar-refractivity contribution in [2.75, 3.05) is 19.1 Å². The first-order valence-corrected chi connectivity index (χ1v) is 8.45. The van der Waals surface area contributed by atoms with Crippen LogP contribution >= 0.6 is 0 Å². The molecule has 0 bridgehead atoms. The van der Waals surface area contributed by atoms with Gasteiger partial charge in [-0.25, -0.2) is 4.90 Å². The van der Waals surface area contributed by atoms with Gasteiger partial charge in [0.25, 0.3) is 5.91 Å². The lowest BCUT2D eigenvalue weighted by molar-refractivity contribution is -0.126. The van der Waals surface area contributed by atoms with Gasteiger partial charge in [-0.3, -0.25) is 9.59 Å². The maximum atomic E-state index is 13.0. The second kappa shape index (κ2) is 6.42. The van der Waals surface area contributed by atoms with E-state index in [2.05, 4.69) is 5.16 Å². The van der Waals surface area contributed by atoms with Crippen LogP contribution in [-0.4, -0.2) is 37.8 Å². The van der Waals surface area contributed by atoms with Crippen molar-refractivity contribution < 1.29 is 23.9 Å². The predicted octanol–water partition coefficient (Wildman–Crippen LogP) is 2.30. The zero-order chi connectivity index (χ0) is 19.1. The fourth-order valence-corrected chi connectivity index (χ4v) is 3.36. The van der Waals surface area contributed by atoms with Crippen LogP contribution in [0, 0.1) is 12.8 Å². The lowest BCUT2D eigenvalue weighted by Gasteiger charge is -2.16. The number of carbonyl (C=O) groups excluding carboxylic acids is 2. The number of hydrogen-bond acceptors (Lipinski definition) is 6. The molecule has 2 aliphatic rings. The number of anilines is 1. The Labute approximate surface area is 156 Å². The van der Waals surface area contributed by atoms with Gasteiger partial charge in [0.05, 0.1) is 19.9 Å². The van der Waals surface area contributed by atoms with Crippen molar-refractivity contribution in [2.24, 2.45) is 11.1 Å². The van der Waals surface area contributed by atoms with Crippen LogP contribution in [0.4, 0.5) is 5.69 Å². The summed E-state index contributed by atoms with van der Waals surface area (Å²) in [7, 11) is 3.07. The molecule has 1 saturated heterocycles. The average Bonchev–Trinajstić information content (AvgIpc) is 3.23. The minimum Gasteiger partial charge on any atom is -0.493 e. The van der Waals surface area contributed by atoms with Gasteiger partial charge >= 0.3 is 0 Å². The maximum absolute atomic E-state index is 13.0. The lowest BCUT2D eigenvalue weighted by Crippen LogP contribution is -2.33. The van der Waals surface area contributed by atoms with E-state index >= 15 is 0 Å². The average molecular weight is 366 g/mol. The summed E-state index contributed by atoms with van der Waals surface area (Å²) in [6.07, 6.45) is -0.943. The van der Waals surface area contributed by atoms with Crippen LogP contribution in [0.3, 0.4) is 0 Å². The molecular weight excluding hydrogens is 348 g/mol. The highest BCUT2D eigenvalue weighted by atomic mass is 16.6. The first-order chi connectivity index (χ1) is 13.0. The number of fused-ring (bicyclic) bond motifs is 1. The molecule has 7 heteroatoms. The Kier molecular flexibility index (Phi) is 4.07. The highest BCUT2D eigenvalue weighted by Gasteiger charge is 2.56.